The van der Waals surface area contributed by atoms with E-state index < -0.39 is 6.10 Å². The Bertz CT molecular complexity index is 292. The van der Waals surface area contributed by atoms with Crippen LogP contribution in [0, 0.1) is 0 Å². The molecule has 5 nitrogen and oxygen atoms in total. The summed E-state index contributed by atoms with van der Waals surface area (Å²) in [7, 11) is 0. The molecular weight excluding hydrogens is 192 g/mol. The van der Waals surface area contributed by atoms with Crippen LogP contribution in [0.4, 0.5) is 11.6 Å². The van der Waals surface area contributed by atoms with Crippen molar-refractivity contribution in [3.05, 3.63) is 11.3 Å². The van der Waals surface area contributed by atoms with Gasteiger partial charge in [0, 0.05) is 6.54 Å². The maximum absolute atomic E-state index is 8.99. The Kier molecular flexibility index (Phi) is 3.27. The molecule has 0 aliphatic heterocycles. The van der Waals surface area contributed by atoms with Crippen molar-refractivity contribution in [2.75, 3.05) is 17.6 Å². The number of nitrogens with one attached hydrogen (secondary N) is 1. The lowest BCUT2D eigenvalue weighted by Gasteiger charge is -2.08. The first-order valence-electron chi connectivity index (χ1n) is 3.79. The highest BCUT2D eigenvalue weighted by Crippen LogP contribution is 2.22. The normalized spacial score (nSPS) is 12.5. The third-order valence-electron chi connectivity index (χ3n) is 1.38. The lowest BCUT2D eigenvalue weighted by atomic mass is 10.4. The van der Waals surface area contributed by atoms with E-state index in [1.54, 1.807) is 6.92 Å². The largest absolute Gasteiger partial charge is 0.392 e. The molecule has 1 aromatic heterocycles. The van der Waals surface area contributed by atoms with Crippen molar-refractivity contribution in [2.45, 2.75) is 13.0 Å². The van der Waals surface area contributed by atoms with E-state index in [0.717, 1.165) is 0 Å². The molecule has 0 spiro atoms. The summed E-state index contributed by atoms with van der Waals surface area (Å²) < 4.78 is 0. The van der Waals surface area contributed by atoms with Crippen molar-refractivity contribution in [3.63, 3.8) is 0 Å². The molecule has 0 aliphatic carbocycles. The average Bonchev–Trinajstić information content (AvgIpc) is 2.07. The lowest BCUT2D eigenvalue weighted by Crippen LogP contribution is -2.16. The van der Waals surface area contributed by atoms with Gasteiger partial charge in [0.2, 0.25) is 0 Å². The van der Waals surface area contributed by atoms with Crippen molar-refractivity contribution in [1.82, 2.24) is 9.97 Å². The van der Waals surface area contributed by atoms with Crippen LogP contribution in [-0.4, -0.2) is 27.7 Å². The molecule has 1 rings (SSSR count). The standard InChI is InChI=1S/C7H11ClN4O/c1-4(13)2-10-7-5(8)6(9)11-3-12-7/h3-4,13H,2H2,1H3,(H3,9,10,11,12)/t4-/m1/s1. The Balaban J connectivity index is 2.71. The van der Waals surface area contributed by atoms with Crippen molar-refractivity contribution < 1.29 is 5.11 Å². The molecular formula is C7H11ClN4O. The first kappa shape index (κ1) is 10.0. The molecule has 0 fully saturated rings. The van der Waals surface area contributed by atoms with Crippen LogP contribution in [-0.2, 0) is 0 Å². The van der Waals surface area contributed by atoms with Crippen LogP contribution < -0.4 is 11.1 Å². The Labute approximate surface area is 81.0 Å². The summed E-state index contributed by atoms with van der Waals surface area (Å²) >= 11 is 5.78. The molecule has 0 radical (unpaired) electrons. The van der Waals surface area contributed by atoms with Crippen molar-refractivity contribution in [3.8, 4) is 0 Å². The third-order valence-corrected chi connectivity index (χ3v) is 1.75. The van der Waals surface area contributed by atoms with E-state index in [0.29, 0.717) is 12.4 Å². The zero-order valence-electron chi connectivity index (χ0n) is 7.16. The second-order valence-corrected chi connectivity index (χ2v) is 3.03. The Morgan fingerprint density at radius 1 is 1.69 bits per heavy atom. The van der Waals surface area contributed by atoms with Crippen LogP contribution in [0.5, 0.6) is 0 Å². The number of aliphatic hydroxyl groups excluding tert-OH is 1. The van der Waals surface area contributed by atoms with Crippen LogP contribution in [0.2, 0.25) is 5.02 Å². The van der Waals surface area contributed by atoms with E-state index in [1.807, 2.05) is 0 Å². The van der Waals surface area contributed by atoms with Crippen molar-refractivity contribution >= 4 is 23.2 Å². The van der Waals surface area contributed by atoms with Gasteiger partial charge in [0.1, 0.15) is 17.2 Å². The number of nitrogens with two attached hydrogens (primary N) is 1. The molecule has 4 N–H and O–H groups in total. The number of hydrogen-bond donors (Lipinski definition) is 3. The van der Waals surface area contributed by atoms with E-state index in [2.05, 4.69) is 15.3 Å². The first-order chi connectivity index (χ1) is 6.11. The van der Waals surface area contributed by atoms with Gasteiger partial charge < -0.3 is 16.2 Å². The topological polar surface area (TPSA) is 84.1 Å². The van der Waals surface area contributed by atoms with Gasteiger partial charge in [-0.05, 0) is 6.92 Å². The zero-order chi connectivity index (χ0) is 9.84. The summed E-state index contributed by atoms with van der Waals surface area (Å²) in [6.45, 7) is 2.03. The number of halogens is 1. The molecule has 0 saturated carbocycles. The average molecular weight is 203 g/mol. The second-order valence-electron chi connectivity index (χ2n) is 2.65. The maximum atomic E-state index is 8.99. The number of aliphatic hydroxyl groups is 1. The Morgan fingerprint density at radius 3 is 3.00 bits per heavy atom. The molecule has 6 heteroatoms. The van der Waals surface area contributed by atoms with Gasteiger partial charge >= 0.3 is 0 Å². The fourth-order valence-corrected chi connectivity index (χ4v) is 0.915. The predicted octanol–water partition coefficient (Wildman–Crippen LogP) is 0.505. The van der Waals surface area contributed by atoms with Gasteiger partial charge in [-0.1, -0.05) is 11.6 Å². The van der Waals surface area contributed by atoms with E-state index >= 15 is 0 Å². The molecule has 0 aliphatic rings. The van der Waals surface area contributed by atoms with E-state index in [4.69, 9.17) is 22.4 Å². The fourth-order valence-electron chi connectivity index (χ4n) is 0.751. The summed E-state index contributed by atoms with van der Waals surface area (Å²) in [5, 5.41) is 12.1. The molecule has 72 valence electrons. The minimum absolute atomic E-state index is 0.227. The highest BCUT2D eigenvalue weighted by molar-refractivity contribution is 6.35. The number of aromatic nitrogens is 2. The number of anilines is 2. The molecule has 1 aromatic rings. The molecule has 0 saturated heterocycles. The molecule has 13 heavy (non-hydrogen) atoms. The van der Waals surface area contributed by atoms with Crippen LogP contribution in [0.1, 0.15) is 6.92 Å². The molecule has 0 amide bonds. The van der Waals surface area contributed by atoms with Crippen LogP contribution in [0.15, 0.2) is 6.33 Å². The maximum Gasteiger partial charge on any atom is 0.150 e. The Morgan fingerprint density at radius 2 is 2.38 bits per heavy atom. The summed E-state index contributed by atoms with van der Waals surface area (Å²) in [4.78, 5) is 7.56. The summed E-state index contributed by atoms with van der Waals surface area (Å²) in [5.74, 6) is 0.667. The van der Waals surface area contributed by atoms with E-state index in [1.165, 1.54) is 6.33 Å². The molecule has 1 heterocycles. The van der Waals surface area contributed by atoms with Gasteiger partial charge in [-0.15, -0.1) is 0 Å². The summed E-state index contributed by atoms with van der Waals surface area (Å²) in [6, 6.07) is 0. The molecule has 0 aromatic carbocycles. The monoisotopic (exact) mass is 202 g/mol. The minimum Gasteiger partial charge on any atom is -0.392 e. The van der Waals surface area contributed by atoms with Gasteiger partial charge in [-0.25, -0.2) is 9.97 Å². The Hall–Kier alpha value is -1.07. The van der Waals surface area contributed by atoms with Crippen molar-refractivity contribution in [2.24, 2.45) is 0 Å². The smallest absolute Gasteiger partial charge is 0.150 e. The van der Waals surface area contributed by atoms with E-state index in [9.17, 15) is 0 Å². The molecule has 0 unspecified atom stereocenters. The third kappa shape index (κ3) is 2.71. The highest BCUT2D eigenvalue weighted by Gasteiger charge is 2.06. The van der Waals surface area contributed by atoms with Gasteiger partial charge in [-0.2, -0.15) is 0 Å². The summed E-state index contributed by atoms with van der Waals surface area (Å²) in [5.41, 5.74) is 5.44. The fraction of sp³-hybridized carbons (Fsp3) is 0.429. The highest BCUT2D eigenvalue weighted by atomic mass is 35.5. The van der Waals surface area contributed by atoms with E-state index in [-0.39, 0.29) is 10.8 Å². The summed E-state index contributed by atoms with van der Waals surface area (Å²) in [6.07, 6.45) is 0.846. The first-order valence-corrected chi connectivity index (χ1v) is 4.17. The molecule has 1 atom stereocenters. The van der Waals surface area contributed by atoms with Crippen LogP contribution in [0.3, 0.4) is 0 Å². The molecule has 0 bridgehead atoms. The van der Waals surface area contributed by atoms with Gasteiger partial charge in [0.05, 0.1) is 6.10 Å². The van der Waals surface area contributed by atoms with Crippen molar-refractivity contribution in [1.29, 1.82) is 0 Å². The van der Waals surface area contributed by atoms with Gasteiger partial charge in [0.15, 0.2) is 5.82 Å². The van der Waals surface area contributed by atoms with Crippen LogP contribution in [0.25, 0.3) is 0 Å². The predicted molar refractivity (Wildman–Crippen MR) is 51.6 cm³/mol. The second kappa shape index (κ2) is 4.25. The number of hydrogen-bond acceptors (Lipinski definition) is 5. The van der Waals surface area contributed by atoms with Gasteiger partial charge in [0.25, 0.3) is 0 Å². The number of nitrogens with zero attached hydrogens (tertiary/aromatic N) is 2. The minimum atomic E-state index is -0.466. The zero-order valence-corrected chi connectivity index (χ0v) is 7.91. The number of rotatable bonds is 3. The van der Waals surface area contributed by atoms with Gasteiger partial charge in [-0.3, -0.25) is 0 Å². The number of nitrogen functional groups attached to an aromatic ring is 1. The quantitative estimate of drug-likeness (QED) is 0.665. The van der Waals surface area contributed by atoms with Crippen LogP contribution >= 0.6 is 11.6 Å². The lowest BCUT2D eigenvalue weighted by molar-refractivity contribution is 0.208. The SMILES string of the molecule is C[C@@H](O)CNc1ncnc(N)c1Cl.